The first-order valence-corrected chi connectivity index (χ1v) is 6.24. The Kier molecular flexibility index (Phi) is 6.15. The van der Waals surface area contributed by atoms with E-state index < -0.39 is 0 Å². The predicted octanol–water partition coefficient (Wildman–Crippen LogP) is 1.01. The van der Waals surface area contributed by atoms with E-state index in [9.17, 15) is 14.0 Å². The molecule has 0 aliphatic heterocycles. The van der Waals surface area contributed by atoms with Gasteiger partial charge >= 0.3 is 0 Å². The van der Waals surface area contributed by atoms with Crippen molar-refractivity contribution in [2.24, 2.45) is 0 Å². The van der Waals surface area contributed by atoms with E-state index in [0.29, 0.717) is 12.1 Å². The van der Waals surface area contributed by atoms with Crippen LogP contribution in [0.1, 0.15) is 12.5 Å². The van der Waals surface area contributed by atoms with Crippen LogP contribution in [0.25, 0.3) is 0 Å². The maximum absolute atomic E-state index is 13.4. The Morgan fingerprint density at radius 3 is 2.53 bits per heavy atom. The van der Waals surface area contributed by atoms with Crippen LogP contribution in [0.4, 0.5) is 4.39 Å². The number of nitrogens with one attached hydrogen (secondary N) is 1. The van der Waals surface area contributed by atoms with Crippen LogP contribution in [-0.2, 0) is 16.0 Å². The number of amides is 1. The average Bonchev–Trinajstić information content (AvgIpc) is 2.40. The van der Waals surface area contributed by atoms with Gasteiger partial charge in [-0.1, -0.05) is 25.1 Å². The van der Waals surface area contributed by atoms with Gasteiger partial charge in [0.1, 0.15) is 5.82 Å². The predicted molar refractivity (Wildman–Crippen MR) is 71.3 cm³/mol. The molecule has 1 rings (SSSR count). The highest BCUT2D eigenvalue weighted by Gasteiger charge is 2.14. The number of carbonyl (C=O) groups excluding carboxylic acids is 2. The summed E-state index contributed by atoms with van der Waals surface area (Å²) in [6, 6.07) is 6.23. The lowest BCUT2D eigenvalue weighted by Crippen LogP contribution is -2.38. The largest absolute Gasteiger partial charge is 0.358 e. The summed E-state index contributed by atoms with van der Waals surface area (Å²) in [7, 11) is 1.55. The lowest BCUT2D eigenvalue weighted by atomic mass is 10.1. The molecule has 1 aromatic rings. The minimum atomic E-state index is -0.370. The molecular formula is C14H19FN2O2. The quantitative estimate of drug-likeness (QED) is 0.801. The van der Waals surface area contributed by atoms with Gasteiger partial charge < -0.3 is 5.32 Å². The molecule has 0 unspecified atom stereocenters. The summed E-state index contributed by atoms with van der Waals surface area (Å²) in [6.07, 6.45) is 0.0525. The van der Waals surface area contributed by atoms with E-state index in [-0.39, 0.29) is 37.0 Å². The van der Waals surface area contributed by atoms with Crippen molar-refractivity contribution in [3.05, 3.63) is 35.6 Å². The van der Waals surface area contributed by atoms with E-state index in [1.807, 2.05) is 6.92 Å². The summed E-state index contributed by atoms with van der Waals surface area (Å²) in [5.74, 6) is -0.610. The van der Waals surface area contributed by atoms with Crippen LogP contribution in [-0.4, -0.2) is 43.3 Å². The number of Topliss-reactive ketones (excluding diaryl/α,β-unsaturated/α-hetero) is 1. The van der Waals surface area contributed by atoms with Gasteiger partial charge in [-0.25, -0.2) is 4.39 Å². The molecule has 1 aromatic carbocycles. The number of hydrogen-bond donors (Lipinski definition) is 1. The molecule has 0 aliphatic rings. The van der Waals surface area contributed by atoms with Crippen molar-refractivity contribution in [2.75, 3.05) is 26.7 Å². The van der Waals surface area contributed by atoms with E-state index in [1.54, 1.807) is 30.1 Å². The molecule has 0 heterocycles. The molecule has 104 valence electrons. The van der Waals surface area contributed by atoms with Crippen molar-refractivity contribution in [3.63, 3.8) is 0 Å². The first-order chi connectivity index (χ1) is 9.06. The van der Waals surface area contributed by atoms with Crippen LogP contribution in [0, 0.1) is 5.82 Å². The number of rotatable bonds is 7. The Morgan fingerprint density at radius 1 is 1.26 bits per heavy atom. The minimum Gasteiger partial charge on any atom is -0.358 e. The van der Waals surface area contributed by atoms with E-state index in [0.717, 1.165) is 0 Å². The molecule has 0 aliphatic carbocycles. The molecule has 0 aromatic heterocycles. The molecule has 4 nitrogen and oxygen atoms in total. The fourth-order valence-electron chi connectivity index (χ4n) is 1.72. The Bertz CT molecular complexity index is 449. The van der Waals surface area contributed by atoms with Crippen LogP contribution in [0.2, 0.25) is 0 Å². The minimum absolute atomic E-state index is 0.0525. The summed E-state index contributed by atoms with van der Waals surface area (Å²) in [6.45, 7) is 2.80. The van der Waals surface area contributed by atoms with Gasteiger partial charge in [0.25, 0.3) is 0 Å². The molecule has 19 heavy (non-hydrogen) atoms. The van der Waals surface area contributed by atoms with E-state index in [2.05, 4.69) is 5.32 Å². The Labute approximate surface area is 112 Å². The molecule has 0 bridgehead atoms. The smallest absolute Gasteiger partial charge is 0.233 e. The van der Waals surface area contributed by atoms with Crippen molar-refractivity contribution in [1.82, 2.24) is 10.2 Å². The van der Waals surface area contributed by atoms with E-state index in [1.165, 1.54) is 6.07 Å². The maximum atomic E-state index is 13.4. The maximum Gasteiger partial charge on any atom is 0.233 e. The lowest BCUT2D eigenvalue weighted by Gasteiger charge is -2.18. The van der Waals surface area contributed by atoms with Gasteiger partial charge in [0.2, 0.25) is 5.91 Å². The van der Waals surface area contributed by atoms with Crippen LogP contribution in [0.5, 0.6) is 0 Å². The normalized spacial score (nSPS) is 10.5. The standard InChI is InChI=1S/C14H19FN2O2/c1-3-17(10-14(19)16-2)9-12(18)8-11-6-4-5-7-13(11)15/h4-7H,3,8-10H2,1-2H3,(H,16,19). The Hall–Kier alpha value is -1.75. The third kappa shape index (κ3) is 5.18. The van der Waals surface area contributed by atoms with Gasteiger partial charge in [-0.05, 0) is 18.2 Å². The molecule has 0 fully saturated rings. The summed E-state index contributed by atoms with van der Waals surface area (Å²) < 4.78 is 13.4. The highest BCUT2D eigenvalue weighted by molar-refractivity contribution is 5.84. The summed E-state index contributed by atoms with van der Waals surface area (Å²) in [4.78, 5) is 24.8. The van der Waals surface area contributed by atoms with Crippen molar-refractivity contribution in [1.29, 1.82) is 0 Å². The zero-order chi connectivity index (χ0) is 14.3. The number of hydrogen-bond acceptors (Lipinski definition) is 3. The van der Waals surface area contributed by atoms with Gasteiger partial charge in [-0.2, -0.15) is 0 Å². The van der Waals surface area contributed by atoms with E-state index >= 15 is 0 Å². The molecule has 0 radical (unpaired) electrons. The SMILES string of the molecule is CCN(CC(=O)Cc1ccccc1F)CC(=O)NC. The highest BCUT2D eigenvalue weighted by atomic mass is 19.1. The molecule has 5 heteroatoms. The van der Waals surface area contributed by atoms with Crippen LogP contribution in [0.3, 0.4) is 0 Å². The molecule has 0 saturated heterocycles. The zero-order valence-electron chi connectivity index (χ0n) is 11.3. The van der Waals surface area contributed by atoms with Gasteiger partial charge in [-0.15, -0.1) is 0 Å². The number of likely N-dealkylation sites (N-methyl/N-ethyl adjacent to an activating group) is 2. The summed E-state index contributed by atoms with van der Waals surface area (Å²) in [5.41, 5.74) is 0.392. The van der Waals surface area contributed by atoms with Gasteiger partial charge in [-0.3, -0.25) is 14.5 Å². The summed E-state index contributed by atoms with van der Waals surface area (Å²) in [5, 5.41) is 2.51. The number of carbonyl (C=O) groups is 2. The van der Waals surface area contributed by atoms with Crippen molar-refractivity contribution in [2.45, 2.75) is 13.3 Å². The fraction of sp³-hybridized carbons (Fsp3) is 0.429. The first kappa shape index (κ1) is 15.3. The van der Waals surface area contributed by atoms with Gasteiger partial charge in [0.05, 0.1) is 13.1 Å². The Balaban J connectivity index is 2.54. The second kappa shape index (κ2) is 7.63. The lowest BCUT2D eigenvalue weighted by molar-refractivity contribution is -0.123. The van der Waals surface area contributed by atoms with Crippen LogP contribution >= 0.6 is 0 Å². The number of benzene rings is 1. The molecule has 0 spiro atoms. The van der Waals surface area contributed by atoms with Crippen LogP contribution in [0.15, 0.2) is 24.3 Å². The monoisotopic (exact) mass is 266 g/mol. The van der Waals surface area contributed by atoms with Crippen molar-refractivity contribution >= 4 is 11.7 Å². The molecule has 0 atom stereocenters. The number of halogens is 1. The molecule has 0 saturated carbocycles. The van der Waals surface area contributed by atoms with Gasteiger partial charge in [0, 0.05) is 13.5 Å². The van der Waals surface area contributed by atoms with Crippen molar-refractivity contribution < 1.29 is 14.0 Å². The second-order valence-corrected chi connectivity index (χ2v) is 4.28. The average molecular weight is 266 g/mol. The number of ketones is 1. The molecule has 1 N–H and O–H groups in total. The second-order valence-electron chi connectivity index (χ2n) is 4.28. The zero-order valence-corrected chi connectivity index (χ0v) is 11.3. The number of nitrogens with zero attached hydrogens (tertiary/aromatic N) is 1. The third-order valence-corrected chi connectivity index (χ3v) is 2.84. The van der Waals surface area contributed by atoms with E-state index in [4.69, 9.17) is 0 Å². The first-order valence-electron chi connectivity index (χ1n) is 6.24. The van der Waals surface area contributed by atoms with Gasteiger partial charge in [0.15, 0.2) is 5.78 Å². The Morgan fingerprint density at radius 2 is 1.95 bits per heavy atom. The summed E-state index contributed by atoms with van der Waals surface area (Å²) >= 11 is 0. The topological polar surface area (TPSA) is 49.4 Å². The van der Waals surface area contributed by atoms with Crippen molar-refractivity contribution in [3.8, 4) is 0 Å². The molecule has 1 amide bonds. The fourth-order valence-corrected chi connectivity index (χ4v) is 1.72. The third-order valence-electron chi connectivity index (χ3n) is 2.84. The highest BCUT2D eigenvalue weighted by Crippen LogP contribution is 2.07. The molecular weight excluding hydrogens is 247 g/mol. The van der Waals surface area contributed by atoms with Crippen LogP contribution < -0.4 is 5.32 Å².